The fourth-order valence-corrected chi connectivity index (χ4v) is 0.793. The van der Waals surface area contributed by atoms with Crippen molar-refractivity contribution in [3.8, 4) is 0 Å². The van der Waals surface area contributed by atoms with E-state index in [-0.39, 0.29) is 23.6 Å². The van der Waals surface area contributed by atoms with Crippen LogP contribution in [0.4, 0.5) is 4.39 Å². The van der Waals surface area contributed by atoms with Crippen LogP contribution in [0.25, 0.3) is 0 Å². The molecule has 1 aromatic carbocycles. The van der Waals surface area contributed by atoms with Crippen molar-refractivity contribution >= 4 is 0 Å². The van der Waals surface area contributed by atoms with E-state index in [0.717, 1.165) is 0 Å². The highest BCUT2D eigenvalue weighted by Crippen LogP contribution is 2.16. The van der Waals surface area contributed by atoms with Gasteiger partial charge in [0, 0.05) is 0 Å². The van der Waals surface area contributed by atoms with E-state index in [0.29, 0.717) is 5.56 Å². The van der Waals surface area contributed by atoms with Gasteiger partial charge in [-0.2, -0.15) is 0 Å². The summed E-state index contributed by atoms with van der Waals surface area (Å²) in [6.07, 6.45) is 0. The van der Waals surface area contributed by atoms with Gasteiger partial charge in [0.25, 0.3) is 0 Å². The van der Waals surface area contributed by atoms with Gasteiger partial charge in [0.05, 0.1) is 4.11 Å². The van der Waals surface area contributed by atoms with Gasteiger partial charge in [-0.05, 0) is 30.0 Å². The predicted molar refractivity (Wildman–Crippen MR) is 45.2 cm³/mol. The van der Waals surface area contributed by atoms with Crippen LogP contribution in [0, 0.1) is 12.7 Å². The summed E-state index contributed by atoms with van der Waals surface area (Å²) in [5, 5.41) is 0. The third-order valence-corrected chi connectivity index (χ3v) is 1.54. The summed E-state index contributed by atoms with van der Waals surface area (Å²) in [7, 11) is 0. The maximum absolute atomic E-state index is 13.3. The molecule has 0 heterocycles. The first-order valence-corrected chi connectivity index (χ1v) is 3.63. The highest BCUT2D eigenvalue weighted by Gasteiger charge is 2.01. The van der Waals surface area contributed by atoms with Crippen LogP contribution in [0.15, 0.2) is 18.1 Å². The van der Waals surface area contributed by atoms with Gasteiger partial charge in [-0.1, -0.05) is 25.9 Å². The van der Waals surface area contributed by atoms with E-state index in [1.165, 1.54) is 6.92 Å². The van der Waals surface area contributed by atoms with Crippen molar-refractivity contribution < 1.29 is 8.50 Å². The molecule has 0 bridgehead atoms. The molecular weight excluding hydrogens is 139 g/mol. The van der Waals surface area contributed by atoms with Crippen molar-refractivity contribution in [2.24, 2.45) is 0 Å². The zero-order valence-electron chi connectivity index (χ0n) is 9.96. The Kier molecular flexibility index (Phi) is 1.36. The lowest BCUT2D eigenvalue weighted by Gasteiger charge is -2.05. The van der Waals surface area contributed by atoms with Gasteiger partial charge in [0.15, 0.2) is 0 Å². The summed E-state index contributed by atoms with van der Waals surface area (Å²) in [6.45, 7) is 5.14. The third kappa shape index (κ3) is 1.79. The summed E-state index contributed by atoms with van der Waals surface area (Å²) in [5.41, 5.74) is 0.614. The molecule has 0 nitrogen and oxygen atoms in total. The molecule has 0 amide bonds. The minimum atomic E-state index is -0.746. The van der Waals surface area contributed by atoms with E-state index >= 15 is 0 Å². The Morgan fingerprint density at radius 3 is 2.64 bits per heavy atom. The summed E-state index contributed by atoms with van der Waals surface area (Å²) in [4.78, 5) is 0. The van der Waals surface area contributed by atoms with Gasteiger partial charge in [0.2, 0.25) is 0 Å². The van der Waals surface area contributed by atoms with Crippen LogP contribution in [0.3, 0.4) is 0 Å². The molecule has 0 aromatic heterocycles. The lowest BCUT2D eigenvalue weighted by atomic mass is 10.0. The zero-order chi connectivity index (χ0) is 11.0. The highest BCUT2D eigenvalue weighted by molar-refractivity contribution is 5.25. The fraction of sp³-hybridized carbons (Fsp3) is 0.400. The second-order valence-corrected chi connectivity index (χ2v) is 2.88. The standard InChI is InChI=1S/C10H13F/c1-7(2)9-4-5-10(11)8(3)6-9/h4-7H,1-3H3/i4D,5D,6D. The quantitative estimate of drug-likeness (QED) is 0.584. The van der Waals surface area contributed by atoms with Crippen LogP contribution >= 0.6 is 0 Å². The molecule has 0 aliphatic heterocycles. The number of rotatable bonds is 1. The van der Waals surface area contributed by atoms with E-state index in [2.05, 4.69) is 0 Å². The summed E-state index contributed by atoms with van der Waals surface area (Å²) in [6, 6.07) is -0.506. The van der Waals surface area contributed by atoms with E-state index in [9.17, 15) is 4.39 Å². The minimum Gasteiger partial charge on any atom is -0.207 e. The van der Waals surface area contributed by atoms with Gasteiger partial charge in [-0.3, -0.25) is 0 Å². The maximum Gasteiger partial charge on any atom is 0.126 e. The van der Waals surface area contributed by atoms with Crippen LogP contribution in [-0.2, 0) is 0 Å². The lowest BCUT2D eigenvalue weighted by molar-refractivity contribution is 0.616. The maximum atomic E-state index is 13.3. The van der Waals surface area contributed by atoms with Crippen LogP contribution in [0.1, 0.15) is 35.0 Å². The van der Waals surface area contributed by atoms with Gasteiger partial charge in [-0.15, -0.1) is 0 Å². The van der Waals surface area contributed by atoms with Crippen molar-refractivity contribution in [1.82, 2.24) is 0 Å². The minimum absolute atomic E-state index is 0.0293. The number of hydrogen-bond acceptors (Lipinski definition) is 0. The largest absolute Gasteiger partial charge is 0.207 e. The fourth-order valence-electron chi connectivity index (χ4n) is 0.793. The Bertz CT molecular complexity index is 343. The molecule has 0 radical (unpaired) electrons. The molecule has 0 atom stereocenters. The monoisotopic (exact) mass is 155 g/mol. The molecule has 60 valence electrons. The summed E-state index contributed by atoms with van der Waals surface area (Å²) in [5.74, 6) is -0.775. The van der Waals surface area contributed by atoms with Crippen LogP contribution in [0.5, 0.6) is 0 Å². The smallest absolute Gasteiger partial charge is 0.126 e. The van der Waals surface area contributed by atoms with E-state index in [4.69, 9.17) is 4.11 Å². The number of hydrogen-bond donors (Lipinski definition) is 0. The van der Waals surface area contributed by atoms with E-state index < -0.39 is 11.9 Å². The van der Waals surface area contributed by atoms with Gasteiger partial charge >= 0.3 is 0 Å². The molecule has 11 heavy (non-hydrogen) atoms. The second kappa shape index (κ2) is 3.04. The first-order valence-electron chi connectivity index (χ1n) is 5.13. The normalized spacial score (nSPS) is 14.5. The van der Waals surface area contributed by atoms with Crippen molar-refractivity contribution in [1.29, 1.82) is 0 Å². The Hall–Kier alpha value is -0.850. The van der Waals surface area contributed by atoms with Crippen LogP contribution in [-0.4, -0.2) is 0 Å². The average Bonchev–Trinajstić information content (AvgIpc) is 2.11. The van der Waals surface area contributed by atoms with Crippen molar-refractivity contribution in [2.75, 3.05) is 0 Å². The predicted octanol–water partition coefficient (Wildman–Crippen LogP) is 3.26. The van der Waals surface area contributed by atoms with Crippen LogP contribution < -0.4 is 0 Å². The molecule has 0 saturated heterocycles. The Balaban J connectivity index is 3.60. The molecule has 0 fully saturated rings. The van der Waals surface area contributed by atoms with Crippen molar-refractivity contribution in [3.63, 3.8) is 0 Å². The second-order valence-electron chi connectivity index (χ2n) is 2.88. The topological polar surface area (TPSA) is 0 Å². The molecule has 0 unspecified atom stereocenters. The average molecular weight is 155 g/mol. The summed E-state index contributed by atoms with van der Waals surface area (Å²) >= 11 is 0. The molecule has 0 N–H and O–H groups in total. The van der Waals surface area contributed by atoms with Gasteiger partial charge in [0.1, 0.15) is 5.82 Å². The Morgan fingerprint density at radius 1 is 1.45 bits per heavy atom. The number of halogens is 1. The van der Waals surface area contributed by atoms with Gasteiger partial charge < -0.3 is 0 Å². The molecule has 0 saturated carbocycles. The molecule has 0 aliphatic carbocycles. The molecule has 1 rings (SSSR count). The lowest BCUT2D eigenvalue weighted by Crippen LogP contribution is -1.89. The first kappa shape index (κ1) is 4.91. The molecule has 1 aromatic rings. The first-order chi connectivity index (χ1) is 6.37. The summed E-state index contributed by atoms with van der Waals surface area (Å²) < 4.78 is 35.9. The van der Waals surface area contributed by atoms with E-state index in [1.54, 1.807) is 0 Å². The molecular formula is C10H13F. The zero-order valence-corrected chi connectivity index (χ0v) is 6.96. The van der Waals surface area contributed by atoms with Crippen LogP contribution in [0.2, 0.25) is 0 Å². The van der Waals surface area contributed by atoms with E-state index in [1.807, 2.05) is 13.8 Å². The van der Waals surface area contributed by atoms with Crippen molar-refractivity contribution in [2.45, 2.75) is 26.7 Å². The number of benzene rings is 1. The Labute approximate surface area is 71.3 Å². The SMILES string of the molecule is [2H]c1c([2H])c(C(C)C)c([2H])c(C)c1F. The highest BCUT2D eigenvalue weighted by atomic mass is 19.1. The molecule has 0 spiro atoms. The molecule has 0 aliphatic rings. The van der Waals surface area contributed by atoms with Crippen molar-refractivity contribution in [3.05, 3.63) is 35.1 Å². The van der Waals surface area contributed by atoms with Gasteiger partial charge in [-0.25, -0.2) is 4.39 Å². The Morgan fingerprint density at radius 2 is 2.09 bits per heavy atom. The molecule has 1 heteroatoms. The third-order valence-electron chi connectivity index (χ3n) is 1.54.